The number of benzene rings is 2. The first kappa shape index (κ1) is 14.9. The number of rotatable bonds is 1. The lowest BCUT2D eigenvalue weighted by Crippen LogP contribution is -2.08. The van der Waals surface area contributed by atoms with Crippen LogP contribution in [0.4, 0.5) is 0 Å². The number of aromatic carboxylic acids is 1. The van der Waals surface area contributed by atoms with Gasteiger partial charge in [-0.25, -0.2) is 4.79 Å². The molecule has 2 aromatic rings. The van der Waals surface area contributed by atoms with Crippen molar-refractivity contribution in [3.63, 3.8) is 0 Å². The highest BCUT2D eigenvalue weighted by Crippen LogP contribution is 2.26. The normalized spacial score (nSPS) is 9.90. The van der Waals surface area contributed by atoms with Crippen LogP contribution in [0.3, 0.4) is 0 Å². The van der Waals surface area contributed by atoms with E-state index in [9.17, 15) is 9.90 Å². The number of carboxylic acid groups (broad SMARTS) is 1. The second-order valence-corrected chi connectivity index (χ2v) is 5.17. The van der Waals surface area contributed by atoms with E-state index < -0.39 is 5.97 Å². The van der Waals surface area contributed by atoms with Crippen LogP contribution in [0.2, 0.25) is 0 Å². The molecule has 2 rings (SSSR count). The Morgan fingerprint density at radius 2 is 1.38 bits per heavy atom. The first-order valence-corrected chi connectivity index (χ1v) is 6.84. The largest absolute Gasteiger partial charge is 0.478 e. The van der Waals surface area contributed by atoms with Gasteiger partial charge in [0, 0.05) is 11.1 Å². The van der Waals surface area contributed by atoms with Gasteiger partial charge in [0.25, 0.3) is 0 Å². The Morgan fingerprint density at radius 1 is 0.857 bits per heavy atom. The van der Waals surface area contributed by atoms with Crippen molar-refractivity contribution in [2.24, 2.45) is 0 Å². The van der Waals surface area contributed by atoms with Crippen LogP contribution in [0, 0.1) is 39.5 Å². The van der Waals surface area contributed by atoms with E-state index in [0.29, 0.717) is 5.56 Å². The monoisotopic (exact) mass is 278 g/mol. The highest BCUT2D eigenvalue weighted by Gasteiger charge is 2.18. The van der Waals surface area contributed by atoms with E-state index in [2.05, 4.69) is 11.8 Å². The summed E-state index contributed by atoms with van der Waals surface area (Å²) in [6, 6.07) is 9.78. The fraction of sp³-hybridized carbons (Fsp3) is 0.211. The minimum atomic E-state index is -0.876. The molecule has 0 aliphatic carbocycles. The van der Waals surface area contributed by atoms with Gasteiger partial charge in [0.05, 0.1) is 5.56 Å². The van der Waals surface area contributed by atoms with Crippen LogP contribution in [0.1, 0.15) is 43.7 Å². The van der Waals surface area contributed by atoms with Crippen LogP contribution in [-0.2, 0) is 0 Å². The Balaban J connectivity index is 2.62. The van der Waals surface area contributed by atoms with E-state index in [-0.39, 0.29) is 0 Å². The number of carbonyl (C=O) groups is 1. The van der Waals surface area contributed by atoms with Gasteiger partial charge in [-0.2, -0.15) is 0 Å². The van der Waals surface area contributed by atoms with Gasteiger partial charge in [-0.3, -0.25) is 0 Å². The summed E-state index contributed by atoms with van der Waals surface area (Å²) in [6.45, 7) is 7.56. The topological polar surface area (TPSA) is 37.3 Å². The zero-order valence-corrected chi connectivity index (χ0v) is 12.7. The van der Waals surface area contributed by atoms with E-state index in [1.165, 1.54) is 0 Å². The van der Waals surface area contributed by atoms with Crippen molar-refractivity contribution in [3.8, 4) is 11.8 Å². The highest BCUT2D eigenvalue weighted by molar-refractivity contribution is 5.92. The van der Waals surface area contributed by atoms with Crippen LogP contribution < -0.4 is 0 Å². The minimum Gasteiger partial charge on any atom is -0.478 e. The lowest BCUT2D eigenvalue weighted by molar-refractivity contribution is 0.0695. The zero-order chi connectivity index (χ0) is 15.6. The molecule has 0 fully saturated rings. The smallest absolute Gasteiger partial charge is 0.336 e. The van der Waals surface area contributed by atoms with E-state index in [0.717, 1.165) is 33.4 Å². The lowest BCUT2D eigenvalue weighted by atomic mass is 9.89. The number of carboxylic acids is 1. The van der Waals surface area contributed by atoms with Crippen LogP contribution in [0.25, 0.3) is 0 Å². The van der Waals surface area contributed by atoms with Crippen molar-refractivity contribution in [3.05, 3.63) is 69.3 Å². The fourth-order valence-electron chi connectivity index (χ4n) is 2.48. The molecule has 0 aromatic heterocycles. The minimum absolute atomic E-state index is 0.398. The summed E-state index contributed by atoms with van der Waals surface area (Å²) in [7, 11) is 0. The Kier molecular flexibility index (Phi) is 4.14. The van der Waals surface area contributed by atoms with Gasteiger partial charge in [-0.1, -0.05) is 30.0 Å². The molecule has 0 heterocycles. The van der Waals surface area contributed by atoms with Crippen molar-refractivity contribution in [2.45, 2.75) is 27.7 Å². The molecule has 0 unspecified atom stereocenters. The van der Waals surface area contributed by atoms with Gasteiger partial charge in [0.1, 0.15) is 0 Å². The summed E-state index contributed by atoms with van der Waals surface area (Å²) in [5.74, 6) is 5.47. The predicted molar refractivity (Wildman–Crippen MR) is 84.8 cm³/mol. The van der Waals surface area contributed by atoms with Gasteiger partial charge < -0.3 is 5.11 Å². The van der Waals surface area contributed by atoms with Crippen LogP contribution >= 0.6 is 0 Å². The molecule has 0 aliphatic rings. The van der Waals surface area contributed by atoms with Crippen molar-refractivity contribution >= 4 is 5.97 Å². The average Bonchev–Trinajstić information content (AvgIpc) is 2.46. The second kappa shape index (κ2) is 5.85. The molecule has 0 spiro atoms. The molecule has 0 radical (unpaired) electrons. The second-order valence-electron chi connectivity index (χ2n) is 5.17. The third kappa shape index (κ3) is 2.83. The summed E-state index contributed by atoms with van der Waals surface area (Å²) >= 11 is 0. The molecule has 106 valence electrons. The maximum atomic E-state index is 11.4. The summed E-state index contributed by atoms with van der Waals surface area (Å²) in [5.41, 5.74) is 5.76. The van der Waals surface area contributed by atoms with Gasteiger partial charge >= 0.3 is 5.97 Å². The lowest BCUT2D eigenvalue weighted by Gasteiger charge is -2.15. The molecule has 2 nitrogen and oxygen atoms in total. The molecular formula is C19H18O2. The molecule has 0 aliphatic heterocycles. The number of hydrogen-bond acceptors (Lipinski definition) is 1. The Morgan fingerprint density at radius 3 is 1.86 bits per heavy atom. The van der Waals surface area contributed by atoms with Crippen LogP contribution in [0.15, 0.2) is 30.3 Å². The molecule has 0 bridgehead atoms. The maximum Gasteiger partial charge on any atom is 0.336 e. The van der Waals surface area contributed by atoms with Crippen molar-refractivity contribution in [1.29, 1.82) is 0 Å². The molecule has 0 amide bonds. The summed E-state index contributed by atoms with van der Waals surface area (Å²) in [4.78, 5) is 11.4. The van der Waals surface area contributed by atoms with E-state index in [1.807, 2.05) is 58.0 Å². The third-order valence-electron chi connectivity index (χ3n) is 3.94. The first-order chi connectivity index (χ1) is 9.93. The van der Waals surface area contributed by atoms with Crippen molar-refractivity contribution in [2.75, 3.05) is 0 Å². The Hall–Kier alpha value is -2.53. The van der Waals surface area contributed by atoms with Crippen molar-refractivity contribution < 1.29 is 9.90 Å². The maximum absolute atomic E-state index is 11.4. The average molecular weight is 278 g/mol. The molecule has 2 heteroatoms. The standard InChI is InChI=1S/C19H18O2/c1-12-14(3)18(19(20)21)15(4)13(2)17(12)11-10-16-8-6-5-7-9-16/h5-9H,1-4H3,(H,20,21). The van der Waals surface area contributed by atoms with Crippen molar-refractivity contribution in [1.82, 2.24) is 0 Å². The van der Waals surface area contributed by atoms with Gasteiger partial charge in [0.15, 0.2) is 0 Å². The predicted octanol–water partition coefficient (Wildman–Crippen LogP) is 4.02. The molecule has 0 saturated heterocycles. The Labute approximate surface area is 125 Å². The molecule has 0 saturated carbocycles. The molecule has 0 atom stereocenters. The highest BCUT2D eigenvalue weighted by atomic mass is 16.4. The molecule has 21 heavy (non-hydrogen) atoms. The SMILES string of the molecule is Cc1c(C)c(C(=O)O)c(C)c(C)c1C#Cc1ccccc1. The zero-order valence-electron chi connectivity index (χ0n) is 12.7. The molecular weight excluding hydrogens is 260 g/mol. The third-order valence-corrected chi connectivity index (χ3v) is 3.94. The van der Waals surface area contributed by atoms with Gasteiger partial charge in [-0.15, -0.1) is 0 Å². The quantitative estimate of drug-likeness (QED) is 0.800. The first-order valence-electron chi connectivity index (χ1n) is 6.84. The summed E-state index contributed by atoms with van der Waals surface area (Å²) in [6.07, 6.45) is 0. The van der Waals surface area contributed by atoms with Gasteiger partial charge in [-0.05, 0) is 62.1 Å². The molecule has 1 N–H and O–H groups in total. The Bertz CT molecular complexity index is 731. The molecule has 2 aromatic carbocycles. The van der Waals surface area contributed by atoms with E-state index in [4.69, 9.17) is 0 Å². The van der Waals surface area contributed by atoms with E-state index in [1.54, 1.807) is 0 Å². The summed E-state index contributed by atoms with van der Waals surface area (Å²) < 4.78 is 0. The number of hydrogen-bond donors (Lipinski definition) is 1. The van der Waals surface area contributed by atoms with Crippen LogP contribution in [-0.4, -0.2) is 11.1 Å². The fourth-order valence-corrected chi connectivity index (χ4v) is 2.48. The summed E-state index contributed by atoms with van der Waals surface area (Å²) in [5, 5.41) is 9.36. The van der Waals surface area contributed by atoms with Gasteiger partial charge in [0.2, 0.25) is 0 Å². The van der Waals surface area contributed by atoms with E-state index >= 15 is 0 Å². The van der Waals surface area contributed by atoms with Crippen LogP contribution in [0.5, 0.6) is 0 Å².